The lowest BCUT2D eigenvalue weighted by atomic mass is 9.91. The van der Waals surface area contributed by atoms with Crippen LogP contribution < -0.4 is 0 Å². The van der Waals surface area contributed by atoms with E-state index in [-0.39, 0.29) is 18.6 Å². The molecule has 1 N–H and O–H groups in total. The first-order chi connectivity index (χ1) is 7.83. The SMILES string of the molecule is O=C(c1cnccn1)N(CCO)C1CCC1. The van der Waals surface area contributed by atoms with Crippen molar-refractivity contribution in [1.82, 2.24) is 14.9 Å². The largest absolute Gasteiger partial charge is 0.395 e. The van der Waals surface area contributed by atoms with E-state index in [0.29, 0.717) is 12.2 Å². The minimum absolute atomic E-state index is 0.0114. The van der Waals surface area contributed by atoms with Gasteiger partial charge in [-0.1, -0.05) is 0 Å². The summed E-state index contributed by atoms with van der Waals surface area (Å²) in [6.45, 7) is 0.364. The monoisotopic (exact) mass is 221 g/mol. The number of aromatic nitrogens is 2. The van der Waals surface area contributed by atoms with Crippen molar-refractivity contribution in [2.75, 3.05) is 13.2 Å². The third-order valence-electron chi connectivity index (χ3n) is 2.90. The Morgan fingerprint density at radius 3 is 2.81 bits per heavy atom. The van der Waals surface area contributed by atoms with Gasteiger partial charge in [0.1, 0.15) is 5.69 Å². The quantitative estimate of drug-likeness (QED) is 0.802. The Morgan fingerprint density at radius 1 is 1.50 bits per heavy atom. The van der Waals surface area contributed by atoms with Crippen molar-refractivity contribution < 1.29 is 9.90 Å². The lowest BCUT2D eigenvalue weighted by Crippen LogP contribution is -2.45. The molecule has 2 rings (SSSR count). The van der Waals surface area contributed by atoms with Crippen molar-refractivity contribution in [1.29, 1.82) is 0 Å². The zero-order valence-electron chi connectivity index (χ0n) is 9.04. The zero-order valence-corrected chi connectivity index (χ0v) is 9.04. The molecule has 0 aromatic carbocycles. The maximum absolute atomic E-state index is 12.1. The lowest BCUT2D eigenvalue weighted by molar-refractivity contribution is 0.0519. The van der Waals surface area contributed by atoms with E-state index >= 15 is 0 Å². The van der Waals surface area contributed by atoms with E-state index in [1.807, 2.05) is 0 Å². The first kappa shape index (κ1) is 11.0. The van der Waals surface area contributed by atoms with Crippen molar-refractivity contribution in [2.24, 2.45) is 0 Å². The van der Waals surface area contributed by atoms with E-state index in [1.54, 1.807) is 4.90 Å². The van der Waals surface area contributed by atoms with Gasteiger partial charge < -0.3 is 10.0 Å². The molecule has 1 amide bonds. The van der Waals surface area contributed by atoms with Crippen LogP contribution in [0.5, 0.6) is 0 Å². The molecule has 0 unspecified atom stereocenters. The summed E-state index contributed by atoms with van der Waals surface area (Å²) in [4.78, 5) is 21.6. The van der Waals surface area contributed by atoms with Gasteiger partial charge in [-0.3, -0.25) is 9.78 Å². The molecule has 0 radical (unpaired) electrons. The summed E-state index contributed by atoms with van der Waals surface area (Å²) in [5.41, 5.74) is 0.350. The topological polar surface area (TPSA) is 66.3 Å². The molecule has 16 heavy (non-hydrogen) atoms. The third-order valence-corrected chi connectivity index (χ3v) is 2.90. The molecule has 0 spiro atoms. The number of aliphatic hydroxyl groups excluding tert-OH is 1. The maximum atomic E-state index is 12.1. The van der Waals surface area contributed by atoms with Gasteiger partial charge in [-0.2, -0.15) is 0 Å². The van der Waals surface area contributed by atoms with Crippen LogP contribution in [0.4, 0.5) is 0 Å². The van der Waals surface area contributed by atoms with Crippen LogP contribution in [0.15, 0.2) is 18.6 Å². The van der Waals surface area contributed by atoms with Crippen LogP contribution >= 0.6 is 0 Å². The average Bonchev–Trinajstić information content (AvgIpc) is 2.26. The Balaban J connectivity index is 2.10. The lowest BCUT2D eigenvalue weighted by Gasteiger charge is -2.36. The van der Waals surface area contributed by atoms with Crippen LogP contribution in [0, 0.1) is 0 Å². The molecule has 1 saturated carbocycles. The molecule has 0 atom stereocenters. The Labute approximate surface area is 94.1 Å². The van der Waals surface area contributed by atoms with Gasteiger partial charge in [-0.25, -0.2) is 4.98 Å². The molecule has 1 aromatic heterocycles. The van der Waals surface area contributed by atoms with Crippen molar-refractivity contribution in [3.05, 3.63) is 24.3 Å². The second kappa shape index (κ2) is 5.03. The summed E-state index contributed by atoms with van der Waals surface area (Å²) in [5.74, 6) is -0.133. The van der Waals surface area contributed by atoms with E-state index in [2.05, 4.69) is 9.97 Å². The van der Waals surface area contributed by atoms with Crippen LogP contribution in [-0.2, 0) is 0 Å². The minimum Gasteiger partial charge on any atom is -0.395 e. The molecule has 1 aliphatic carbocycles. The van der Waals surface area contributed by atoms with E-state index in [0.717, 1.165) is 19.3 Å². The molecular weight excluding hydrogens is 206 g/mol. The number of aliphatic hydroxyl groups is 1. The third kappa shape index (κ3) is 2.19. The van der Waals surface area contributed by atoms with Crippen LogP contribution in [0.25, 0.3) is 0 Å². The number of carbonyl (C=O) groups is 1. The van der Waals surface area contributed by atoms with E-state index in [1.165, 1.54) is 18.6 Å². The molecule has 86 valence electrons. The van der Waals surface area contributed by atoms with Gasteiger partial charge in [0, 0.05) is 25.0 Å². The molecule has 1 aliphatic rings. The van der Waals surface area contributed by atoms with Gasteiger partial charge in [0.05, 0.1) is 12.8 Å². The Bertz CT molecular complexity index is 352. The molecular formula is C11H15N3O2. The van der Waals surface area contributed by atoms with Crippen LogP contribution in [0.3, 0.4) is 0 Å². The Hall–Kier alpha value is -1.49. The van der Waals surface area contributed by atoms with E-state index in [9.17, 15) is 4.79 Å². The molecule has 0 saturated heterocycles. The Kier molecular flexibility index (Phi) is 3.46. The first-order valence-corrected chi connectivity index (χ1v) is 5.51. The van der Waals surface area contributed by atoms with Crippen molar-refractivity contribution in [3.8, 4) is 0 Å². The standard InChI is InChI=1S/C11H15N3O2/c15-7-6-14(9-2-1-3-9)11(16)10-8-12-4-5-13-10/h4-5,8-9,15H,1-3,6-7H2. The minimum atomic E-state index is -0.133. The van der Waals surface area contributed by atoms with E-state index in [4.69, 9.17) is 5.11 Å². The van der Waals surface area contributed by atoms with Crippen molar-refractivity contribution >= 4 is 5.91 Å². The smallest absolute Gasteiger partial charge is 0.274 e. The average molecular weight is 221 g/mol. The Morgan fingerprint density at radius 2 is 2.31 bits per heavy atom. The normalized spacial score (nSPS) is 15.6. The fourth-order valence-corrected chi connectivity index (χ4v) is 1.81. The predicted molar refractivity (Wildman–Crippen MR) is 57.8 cm³/mol. The molecule has 1 fully saturated rings. The fourth-order valence-electron chi connectivity index (χ4n) is 1.81. The van der Waals surface area contributed by atoms with Crippen molar-refractivity contribution in [3.63, 3.8) is 0 Å². The zero-order chi connectivity index (χ0) is 11.4. The summed E-state index contributed by atoms with van der Waals surface area (Å²) >= 11 is 0. The summed E-state index contributed by atoms with van der Waals surface area (Å²) in [6, 6.07) is 0.265. The highest BCUT2D eigenvalue weighted by Gasteiger charge is 2.29. The maximum Gasteiger partial charge on any atom is 0.274 e. The number of carbonyl (C=O) groups excluding carboxylic acids is 1. The molecule has 0 aliphatic heterocycles. The molecule has 1 heterocycles. The van der Waals surface area contributed by atoms with Crippen LogP contribution in [-0.4, -0.2) is 45.1 Å². The summed E-state index contributed by atoms with van der Waals surface area (Å²) < 4.78 is 0. The van der Waals surface area contributed by atoms with Crippen LogP contribution in [0.2, 0.25) is 0 Å². The fraction of sp³-hybridized carbons (Fsp3) is 0.545. The highest BCUT2D eigenvalue weighted by Crippen LogP contribution is 2.25. The number of nitrogens with zero attached hydrogens (tertiary/aromatic N) is 3. The number of amides is 1. The number of hydrogen-bond donors (Lipinski definition) is 1. The van der Waals surface area contributed by atoms with Gasteiger partial charge in [-0.15, -0.1) is 0 Å². The van der Waals surface area contributed by atoms with Gasteiger partial charge in [0.15, 0.2) is 0 Å². The van der Waals surface area contributed by atoms with Crippen molar-refractivity contribution in [2.45, 2.75) is 25.3 Å². The van der Waals surface area contributed by atoms with Gasteiger partial charge in [0.2, 0.25) is 0 Å². The van der Waals surface area contributed by atoms with E-state index < -0.39 is 0 Å². The van der Waals surface area contributed by atoms with Gasteiger partial charge in [0.25, 0.3) is 5.91 Å². The summed E-state index contributed by atoms with van der Waals surface area (Å²) in [7, 11) is 0. The second-order valence-electron chi connectivity index (χ2n) is 3.90. The first-order valence-electron chi connectivity index (χ1n) is 5.51. The highest BCUT2D eigenvalue weighted by atomic mass is 16.3. The van der Waals surface area contributed by atoms with Gasteiger partial charge >= 0.3 is 0 Å². The molecule has 1 aromatic rings. The van der Waals surface area contributed by atoms with Gasteiger partial charge in [-0.05, 0) is 19.3 Å². The summed E-state index contributed by atoms with van der Waals surface area (Å²) in [5, 5.41) is 8.97. The summed E-state index contributed by atoms with van der Waals surface area (Å²) in [6.07, 6.45) is 7.70. The highest BCUT2D eigenvalue weighted by molar-refractivity contribution is 5.92. The number of rotatable bonds is 4. The molecule has 0 bridgehead atoms. The second-order valence-corrected chi connectivity index (χ2v) is 3.90. The number of hydrogen-bond acceptors (Lipinski definition) is 4. The predicted octanol–water partition coefficient (Wildman–Crippen LogP) is 0.464. The van der Waals surface area contributed by atoms with Crippen LogP contribution in [0.1, 0.15) is 29.8 Å². The molecule has 5 heteroatoms. The molecule has 5 nitrogen and oxygen atoms in total.